The highest BCUT2D eigenvalue weighted by molar-refractivity contribution is 7.09. The number of esters is 1. The first kappa shape index (κ1) is 20.8. The number of carbonyl (C=O) groups is 2. The molecule has 2 rings (SSSR count). The Labute approximate surface area is 162 Å². The lowest BCUT2D eigenvalue weighted by atomic mass is 10.2. The van der Waals surface area contributed by atoms with Crippen LogP contribution in [0.2, 0.25) is 0 Å². The van der Waals surface area contributed by atoms with E-state index in [1.54, 1.807) is 29.3 Å². The van der Waals surface area contributed by atoms with E-state index in [1.165, 1.54) is 23.5 Å². The monoisotopic (exact) mass is 393 g/mol. The van der Waals surface area contributed by atoms with Gasteiger partial charge in [0.25, 0.3) is 0 Å². The number of rotatable bonds is 9. The number of amides is 2. The summed E-state index contributed by atoms with van der Waals surface area (Å²) < 4.78 is 18.3. The van der Waals surface area contributed by atoms with E-state index in [-0.39, 0.29) is 24.9 Å². The van der Waals surface area contributed by atoms with Crippen molar-refractivity contribution >= 4 is 29.0 Å². The number of thiazole rings is 1. The zero-order valence-electron chi connectivity index (χ0n) is 15.5. The lowest BCUT2D eigenvalue weighted by molar-refractivity contribution is 0.0520. The Morgan fingerprint density at radius 2 is 2.11 bits per heavy atom. The third kappa shape index (κ3) is 6.63. The van der Waals surface area contributed by atoms with Gasteiger partial charge >= 0.3 is 12.0 Å². The molecule has 0 aliphatic carbocycles. The molecule has 0 spiro atoms. The third-order valence-electron chi connectivity index (χ3n) is 3.76. The number of ether oxygens (including phenoxy) is 1. The predicted molar refractivity (Wildman–Crippen MR) is 103 cm³/mol. The van der Waals surface area contributed by atoms with Crippen LogP contribution in [0, 0.1) is 5.82 Å². The Bertz CT molecular complexity index is 766. The van der Waals surface area contributed by atoms with E-state index in [0.29, 0.717) is 17.2 Å². The Balaban J connectivity index is 2.06. The summed E-state index contributed by atoms with van der Waals surface area (Å²) in [5.41, 5.74) is 0.641. The molecular formula is C19H24FN3O3S. The maximum atomic E-state index is 13.3. The first-order valence-corrected chi connectivity index (χ1v) is 9.84. The second-order valence-corrected chi connectivity index (χ2v) is 6.86. The summed E-state index contributed by atoms with van der Waals surface area (Å²) in [5, 5.41) is 4.98. The second-order valence-electron chi connectivity index (χ2n) is 5.92. The number of nitrogens with zero attached hydrogens (tertiary/aromatic N) is 2. The number of nitrogens with one attached hydrogen (secondary N) is 1. The molecule has 1 aromatic heterocycles. The van der Waals surface area contributed by atoms with Gasteiger partial charge in [0, 0.05) is 17.6 Å². The van der Waals surface area contributed by atoms with Crippen molar-refractivity contribution < 1.29 is 18.7 Å². The van der Waals surface area contributed by atoms with Crippen LogP contribution in [-0.2, 0) is 11.3 Å². The van der Waals surface area contributed by atoms with Crippen LogP contribution in [0.25, 0.3) is 0 Å². The van der Waals surface area contributed by atoms with Gasteiger partial charge < -0.3 is 15.0 Å². The van der Waals surface area contributed by atoms with Crippen molar-refractivity contribution in [1.82, 2.24) is 9.88 Å². The highest BCUT2D eigenvalue weighted by atomic mass is 32.1. The van der Waals surface area contributed by atoms with Crippen molar-refractivity contribution in [2.45, 2.75) is 39.7 Å². The predicted octanol–water partition coefficient (Wildman–Crippen LogP) is 4.68. The minimum Gasteiger partial charge on any atom is -0.461 e. The summed E-state index contributed by atoms with van der Waals surface area (Å²) in [6, 6.07) is 5.43. The molecule has 1 heterocycles. The number of hydrogen-bond acceptors (Lipinski definition) is 5. The molecule has 0 fully saturated rings. The summed E-state index contributed by atoms with van der Waals surface area (Å²) in [6.45, 7) is 4.92. The van der Waals surface area contributed by atoms with Gasteiger partial charge in [-0.2, -0.15) is 0 Å². The number of urea groups is 1. The molecule has 0 unspecified atom stereocenters. The van der Waals surface area contributed by atoms with Gasteiger partial charge in [0.05, 0.1) is 13.2 Å². The zero-order chi connectivity index (χ0) is 19.6. The molecule has 1 aromatic carbocycles. The van der Waals surface area contributed by atoms with Crippen LogP contribution in [0.15, 0.2) is 29.6 Å². The number of halogens is 1. The molecule has 0 atom stereocenters. The van der Waals surface area contributed by atoms with Crippen molar-refractivity contribution in [3.05, 3.63) is 46.2 Å². The van der Waals surface area contributed by atoms with E-state index >= 15 is 0 Å². The van der Waals surface area contributed by atoms with Crippen molar-refractivity contribution in [2.75, 3.05) is 18.5 Å². The van der Waals surface area contributed by atoms with E-state index in [4.69, 9.17) is 4.74 Å². The molecule has 0 aliphatic heterocycles. The molecule has 0 saturated carbocycles. The molecule has 0 radical (unpaired) electrons. The third-order valence-corrected chi connectivity index (χ3v) is 4.59. The second kappa shape index (κ2) is 10.6. The topological polar surface area (TPSA) is 71.5 Å². The van der Waals surface area contributed by atoms with Crippen LogP contribution in [0.1, 0.15) is 48.6 Å². The number of anilines is 1. The smallest absolute Gasteiger partial charge is 0.357 e. The quantitative estimate of drug-likeness (QED) is 0.496. The summed E-state index contributed by atoms with van der Waals surface area (Å²) in [4.78, 5) is 30.3. The minimum absolute atomic E-state index is 0.246. The molecule has 0 bridgehead atoms. The van der Waals surface area contributed by atoms with Crippen LogP contribution < -0.4 is 5.32 Å². The lowest BCUT2D eigenvalue weighted by Crippen LogP contribution is -2.35. The molecular weight excluding hydrogens is 369 g/mol. The fourth-order valence-corrected chi connectivity index (χ4v) is 3.20. The Morgan fingerprint density at radius 3 is 2.81 bits per heavy atom. The average molecular weight is 393 g/mol. The van der Waals surface area contributed by atoms with Gasteiger partial charge in [-0.15, -0.1) is 11.3 Å². The van der Waals surface area contributed by atoms with Crippen LogP contribution in [0.4, 0.5) is 14.9 Å². The SMILES string of the molecule is CCCCCN(Cc1nc(C(=O)OCC)cs1)C(=O)Nc1cccc(F)c1. The van der Waals surface area contributed by atoms with Gasteiger partial charge in [-0.3, -0.25) is 0 Å². The molecule has 2 aromatic rings. The summed E-state index contributed by atoms with van der Waals surface area (Å²) in [5.74, 6) is -0.883. The summed E-state index contributed by atoms with van der Waals surface area (Å²) in [7, 11) is 0. The van der Waals surface area contributed by atoms with Crippen molar-refractivity contribution in [2.24, 2.45) is 0 Å². The van der Waals surface area contributed by atoms with Gasteiger partial charge in [0.15, 0.2) is 5.69 Å². The maximum Gasteiger partial charge on any atom is 0.357 e. The number of aromatic nitrogens is 1. The fourth-order valence-electron chi connectivity index (χ4n) is 2.42. The van der Waals surface area contributed by atoms with Crippen LogP contribution in [0.5, 0.6) is 0 Å². The largest absolute Gasteiger partial charge is 0.461 e. The molecule has 2 amide bonds. The Hall–Kier alpha value is -2.48. The molecule has 0 saturated heterocycles. The van der Waals surface area contributed by atoms with E-state index in [9.17, 15) is 14.0 Å². The number of unbranched alkanes of at least 4 members (excludes halogenated alkanes) is 2. The lowest BCUT2D eigenvalue weighted by Gasteiger charge is -2.22. The van der Waals surface area contributed by atoms with Crippen molar-refractivity contribution in [3.8, 4) is 0 Å². The number of carbonyl (C=O) groups excluding carboxylic acids is 2. The summed E-state index contributed by atoms with van der Waals surface area (Å²) in [6.07, 6.45) is 2.88. The molecule has 1 N–H and O–H groups in total. The Morgan fingerprint density at radius 1 is 1.30 bits per heavy atom. The fraction of sp³-hybridized carbons (Fsp3) is 0.421. The van der Waals surface area contributed by atoms with Crippen LogP contribution >= 0.6 is 11.3 Å². The average Bonchev–Trinajstić information content (AvgIpc) is 3.10. The molecule has 146 valence electrons. The van der Waals surface area contributed by atoms with Crippen molar-refractivity contribution in [3.63, 3.8) is 0 Å². The molecule has 6 nitrogen and oxygen atoms in total. The number of hydrogen-bond donors (Lipinski definition) is 1. The standard InChI is InChI=1S/C19H24FN3O3S/c1-3-5-6-10-23(19(25)21-15-9-7-8-14(20)11-15)12-17-22-16(13-27-17)18(24)26-4-2/h7-9,11,13H,3-6,10,12H2,1-2H3,(H,21,25). The van der Waals surface area contributed by atoms with Gasteiger partial charge in [-0.05, 0) is 31.5 Å². The molecule has 8 heteroatoms. The maximum absolute atomic E-state index is 13.3. The van der Waals surface area contributed by atoms with Crippen LogP contribution in [-0.4, -0.2) is 35.0 Å². The van der Waals surface area contributed by atoms with Gasteiger partial charge in [-0.25, -0.2) is 19.0 Å². The van der Waals surface area contributed by atoms with E-state index in [2.05, 4.69) is 17.2 Å². The highest BCUT2D eigenvalue weighted by Crippen LogP contribution is 2.16. The number of benzene rings is 1. The first-order valence-electron chi connectivity index (χ1n) is 8.96. The molecule has 27 heavy (non-hydrogen) atoms. The van der Waals surface area contributed by atoms with Crippen LogP contribution in [0.3, 0.4) is 0 Å². The summed E-state index contributed by atoms with van der Waals surface area (Å²) >= 11 is 1.30. The van der Waals surface area contributed by atoms with E-state index in [0.717, 1.165) is 19.3 Å². The van der Waals surface area contributed by atoms with Gasteiger partial charge in [0.1, 0.15) is 10.8 Å². The zero-order valence-corrected chi connectivity index (χ0v) is 16.4. The first-order chi connectivity index (χ1) is 13.0. The molecule has 0 aliphatic rings. The van der Waals surface area contributed by atoms with Crippen molar-refractivity contribution in [1.29, 1.82) is 0 Å². The van der Waals surface area contributed by atoms with Gasteiger partial charge in [0.2, 0.25) is 0 Å². The normalized spacial score (nSPS) is 10.5. The van der Waals surface area contributed by atoms with E-state index in [1.807, 2.05) is 0 Å². The Kier molecular flexibility index (Phi) is 8.19. The highest BCUT2D eigenvalue weighted by Gasteiger charge is 2.18. The minimum atomic E-state index is -0.471. The van der Waals surface area contributed by atoms with Gasteiger partial charge in [-0.1, -0.05) is 25.8 Å². The van der Waals surface area contributed by atoms with E-state index < -0.39 is 11.8 Å².